The van der Waals surface area contributed by atoms with Crippen LogP contribution in [-0.2, 0) is 4.74 Å². The molecule has 1 aromatic rings. The molecule has 1 aliphatic rings. The fraction of sp³-hybridized carbons (Fsp3) is 0.111. The first-order valence-electron chi connectivity index (χ1n) is 3.88. The van der Waals surface area contributed by atoms with Crippen molar-refractivity contribution in [2.45, 2.75) is 0 Å². The second-order valence-corrected chi connectivity index (χ2v) is 2.58. The zero-order valence-corrected chi connectivity index (χ0v) is 6.88. The van der Waals surface area contributed by atoms with Crippen molar-refractivity contribution >= 4 is 18.1 Å². The summed E-state index contributed by atoms with van der Waals surface area (Å²) in [7, 11) is 0. The van der Waals surface area contributed by atoms with E-state index in [-0.39, 0.29) is 12.8 Å². The largest absolute Gasteiger partial charge is 0.462 e. The predicted octanol–water partition coefficient (Wildman–Crippen LogP) is 1.63. The molecule has 0 atom stereocenters. The molecule has 0 aliphatic carbocycles. The van der Waals surface area contributed by atoms with Gasteiger partial charge >= 0.3 is 6.03 Å². The first kappa shape index (κ1) is 7.79. The second kappa shape index (κ2) is 3.26. The van der Waals surface area contributed by atoms with Gasteiger partial charge in [-0.1, -0.05) is 18.2 Å². The SMILES string of the molecule is O=C1N=COCN1c1ccccc1. The molecular weight excluding hydrogens is 168 g/mol. The van der Waals surface area contributed by atoms with E-state index >= 15 is 0 Å². The maximum absolute atomic E-state index is 11.2. The summed E-state index contributed by atoms with van der Waals surface area (Å²) in [5.41, 5.74) is 0.796. The molecular formula is C9H8N2O2. The van der Waals surface area contributed by atoms with Crippen molar-refractivity contribution in [3.05, 3.63) is 30.3 Å². The molecule has 0 bridgehead atoms. The minimum Gasteiger partial charge on any atom is -0.462 e. The Kier molecular flexibility index (Phi) is 1.96. The molecule has 1 aromatic carbocycles. The fourth-order valence-electron chi connectivity index (χ4n) is 1.11. The van der Waals surface area contributed by atoms with Crippen molar-refractivity contribution in [3.8, 4) is 0 Å². The quantitative estimate of drug-likeness (QED) is 0.652. The number of hydrogen-bond acceptors (Lipinski definition) is 2. The highest BCUT2D eigenvalue weighted by Crippen LogP contribution is 2.15. The van der Waals surface area contributed by atoms with Gasteiger partial charge in [0.25, 0.3) is 0 Å². The maximum Gasteiger partial charge on any atom is 0.353 e. The molecule has 4 heteroatoms. The zero-order valence-electron chi connectivity index (χ0n) is 6.88. The normalized spacial score (nSPS) is 15.7. The Labute approximate surface area is 75.5 Å². The molecule has 0 fully saturated rings. The van der Waals surface area contributed by atoms with E-state index in [2.05, 4.69) is 4.99 Å². The number of rotatable bonds is 1. The van der Waals surface area contributed by atoms with Crippen molar-refractivity contribution in [1.29, 1.82) is 0 Å². The molecule has 0 aromatic heterocycles. The number of aliphatic imine (C=N–C) groups is 1. The van der Waals surface area contributed by atoms with Crippen LogP contribution in [0.1, 0.15) is 0 Å². The topological polar surface area (TPSA) is 41.9 Å². The van der Waals surface area contributed by atoms with Crippen molar-refractivity contribution < 1.29 is 9.53 Å². The van der Waals surface area contributed by atoms with Crippen molar-refractivity contribution in [2.75, 3.05) is 11.6 Å². The van der Waals surface area contributed by atoms with E-state index in [4.69, 9.17) is 4.74 Å². The smallest absolute Gasteiger partial charge is 0.353 e. The molecule has 0 saturated carbocycles. The molecule has 0 saturated heterocycles. The van der Waals surface area contributed by atoms with E-state index in [9.17, 15) is 4.79 Å². The summed E-state index contributed by atoms with van der Waals surface area (Å²) >= 11 is 0. The second-order valence-electron chi connectivity index (χ2n) is 2.58. The number of anilines is 1. The Hall–Kier alpha value is -1.84. The number of ether oxygens (including phenoxy) is 1. The summed E-state index contributed by atoms with van der Waals surface area (Å²) in [6.07, 6.45) is 1.17. The van der Waals surface area contributed by atoms with E-state index < -0.39 is 0 Å². The number of benzene rings is 1. The van der Waals surface area contributed by atoms with E-state index in [1.165, 1.54) is 11.3 Å². The number of hydrogen-bond donors (Lipinski definition) is 0. The molecule has 4 nitrogen and oxygen atoms in total. The van der Waals surface area contributed by atoms with E-state index in [0.717, 1.165) is 5.69 Å². The van der Waals surface area contributed by atoms with Crippen LogP contribution in [0.4, 0.5) is 10.5 Å². The number of carbonyl (C=O) groups excluding carboxylic acids is 1. The van der Waals surface area contributed by atoms with Gasteiger partial charge in [0, 0.05) is 5.69 Å². The highest BCUT2D eigenvalue weighted by atomic mass is 16.5. The Bertz CT molecular complexity index is 335. The lowest BCUT2D eigenvalue weighted by atomic mass is 10.3. The van der Waals surface area contributed by atoms with Gasteiger partial charge in [-0.3, -0.25) is 4.90 Å². The van der Waals surface area contributed by atoms with Crippen LogP contribution < -0.4 is 4.90 Å². The van der Waals surface area contributed by atoms with Crippen LogP contribution in [0.25, 0.3) is 0 Å². The van der Waals surface area contributed by atoms with Crippen molar-refractivity contribution in [1.82, 2.24) is 0 Å². The van der Waals surface area contributed by atoms with Gasteiger partial charge in [-0.25, -0.2) is 4.79 Å². The molecule has 0 N–H and O–H groups in total. The summed E-state index contributed by atoms with van der Waals surface area (Å²) < 4.78 is 4.92. The predicted molar refractivity (Wildman–Crippen MR) is 48.8 cm³/mol. The van der Waals surface area contributed by atoms with Crippen LogP contribution in [-0.4, -0.2) is 19.2 Å². The van der Waals surface area contributed by atoms with E-state index in [1.807, 2.05) is 30.3 Å². The van der Waals surface area contributed by atoms with Gasteiger partial charge in [-0.2, -0.15) is 4.99 Å². The van der Waals surface area contributed by atoms with Crippen molar-refractivity contribution in [3.63, 3.8) is 0 Å². The van der Waals surface area contributed by atoms with Crippen LogP contribution in [0.2, 0.25) is 0 Å². The van der Waals surface area contributed by atoms with Gasteiger partial charge in [-0.05, 0) is 12.1 Å². The molecule has 2 amide bonds. The number of urea groups is 1. The highest BCUT2D eigenvalue weighted by molar-refractivity contribution is 5.96. The van der Waals surface area contributed by atoms with Crippen LogP contribution in [0.5, 0.6) is 0 Å². The average molecular weight is 176 g/mol. The first-order valence-corrected chi connectivity index (χ1v) is 3.88. The van der Waals surface area contributed by atoms with Gasteiger partial charge in [0.15, 0.2) is 13.1 Å². The Morgan fingerprint density at radius 2 is 2.08 bits per heavy atom. The molecule has 1 aliphatic heterocycles. The average Bonchev–Trinajstić information content (AvgIpc) is 2.20. The van der Waals surface area contributed by atoms with Crippen LogP contribution >= 0.6 is 0 Å². The lowest BCUT2D eigenvalue weighted by Gasteiger charge is -2.21. The zero-order chi connectivity index (χ0) is 9.10. The van der Waals surface area contributed by atoms with E-state index in [1.54, 1.807) is 0 Å². The van der Waals surface area contributed by atoms with E-state index in [0.29, 0.717) is 0 Å². The monoisotopic (exact) mass is 176 g/mol. The molecule has 0 radical (unpaired) electrons. The lowest BCUT2D eigenvalue weighted by Crippen LogP contribution is -2.33. The summed E-state index contributed by atoms with van der Waals surface area (Å²) in [5.74, 6) is 0. The molecule has 0 unspecified atom stereocenters. The Balaban J connectivity index is 2.27. The lowest BCUT2D eigenvalue weighted by molar-refractivity contribution is 0.235. The van der Waals surface area contributed by atoms with Crippen LogP contribution in [0.15, 0.2) is 35.3 Å². The molecule has 2 rings (SSSR count). The number of nitrogens with zero attached hydrogens (tertiary/aromatic N) is 2. The standard InChI is InChI=1S/C9H8N2O2/c12-9-10-6-13-7-11(9)8-4-2-1-3-5-8/h1-6H,7H2. The van der Waals surface area contributed by atoms with Gasteiger partial charge in [-0.15, -0.1) is 0 Å². The third-order valence-corrected chi connectivity index (χ3v) is 1.74. The maximum atomic E-state index is 11.2. The minimum absolute atomic E-state index is 0.229. The minimum atomic E-state index is -0.294. The molecule has 66 valence electrons. The third kappa shape index (κ3) is 1.51. The summed E-state index contributed by atoms with van der Waals surface area (Å²) in [6, 6.07) is 8.99. The Morgan fingerprint density at radius 3 is 2.77 bits per heavy atom. The number of carbonyl (C=O) groups is 1. The van der Waals surface area contributed by atoms with Crippen molar-refractivity contribution in [2.24, 2.45) is 4.99 Å². The van der Waals surface area contributed by atoms with Gasteiger partial charge in [0.2, 0.25) is 0 Å². The molecule has 0 spiro atoms. The summed E-state index contributed by atoms with van der Waals surface area (Å²) in [6.45, 7) is 0.229. The summed E-state index contributed by atoms with van der Waals surface area (Å²) in [5, 5.41) is 0. The van der Waals surface area contributed by atoms with Gasteiger partial charge in [0.1, 0.15) is 0 Å². The third-order valence-electron chi connectivity index (χ3n) is 1.74. The number of para-hydroxylation sites is 1. The van der Waals surface area contributed by atoms with Gasteiger partial charge in [0.05, 0.1) is 0 Å². The van der Waals surface area contributed by atoms with Crippen LogP contribution in [0, 0.1) is 0 Å². The highest BCUT2D eigenvalue weighted by Gasteiger charge is 2.17. The molecule has 13 heavy (non-hydrogen) atoms. The number of amides is 2. The summed E-state index contributed by atoms with van der Waals surface area (Å²) in [4.78, 5) is 16.2. The molecule has 1 heterocycles. The fourth-order valence-corrected chi connectivity index (χ4v) is 1.11. The Morgan fingerprint density at radius 1 is 1.31 bits per heavy atom. The van der Waals surface area contributed by atoms with Crippen LogP contribution in [0.3, 0.4) is 0 Å². The first-order chi connectivity index (χ1) is 6.38. The van der Waals surface area contributed by atoms with Gasteiger partial charge < -0.3 is 4.74 Å².